The van der Waals surface area contributed by atoms with Gasteiger partial charge in [-0.15, -0.1) is 0 Å². The molecule has 2 amide bonds. The molecule has 1 saturated heterocycles. The first-order valence-electron chi connectivity index (χ1n) is 8.78. The van der Waals surface area contributed by atoms with E-state index in [1.54, 1.807) is 18.2 Å². The number of carbonyl (C=O) groups excluding carboxylic acids is 3. The van der Waals surface area contributed by atoms with E-state index >= 15 is 0 Å². The van der Waals surface area contributed by atoms with E-state index < -0.39 is 11.6 Å². The fraction of sp³-hybridized carbons (Fsp3) is 0.300. The van der Waals surface area contributed by atoms with Crippen LogP contribution in [0.3, 0.4) is 0 Å². The first-order valence-corrected chi connectivity index (χ1v) is 8.78. The Kier molecular flexibility index (Phi) is 4.35. The van der Waals surface area contributed by atoms with Gasteiger partial charge in [-0.2, -0.15) is 0 Å². The van der Waals surface area contributed by atoms with E-state index in [-0.39, 0.29) is 42.4 Å². The molecule has 1 fully saturated rings. The minimum absolute atomic E-state index is 0.00612. The Labute approximate surface area is 154 Å². The van der Waals surface area contributed by atoms with Crippen molar-refractivity contribution < 1.29 is 23.5 Å². The Balaban J connectivity index is 1.39. The molecule has 0 bridgehead atoms. The number of esters is 1. The molecule has 4 rings (SSSR count). The Bertz CT molecular complexity index is 995. The SMILES string of the molecule is O=C(CCN1C(=O)[C@H]2CC=CC[C@H]2C1=O)Oc1ccc2ccc(=O)oc2c1. The molecule has 2 atom stereocenters. The second-order valence-corrected chi connectivity index (χ2v) is 6.66. The van der Waals surface area contributed by atoms with Crippen LogP contribution in [0.2, 0.25) is 0 Å². The van der Waals surface area contributed by atoms with Gasteiger partial charge in [0.2, 0.25) is 11.8 Å². The van der Waals surface area contributed by atoms with Crippen LogP contribution in [-0.2, 0) is 14.4 Å². The number of nitrogens with zero attached hydrogens (tertiary/aromatic N) is 1. The number of fused-ring (bicyclic) bond motifs is 2. The molecule has 0 saturated carbocycles. The molecule has 1 aliphatic carbocycles. The summed E-state index contributed by atoms with van der Waals surface area (Å²) in [6.45, 7) is 0.00612. The van der Waals surface area contributed by atoms with Crippen LogP contribution in [-0.4, -0.2) is 29.2 Å². The lowest BCUT2D eigenvalue weighted by Gasteiger charge is -2.14. The molecule has 2 aromatic rings. The Morgan fingerprint density at radius 1 is 1.04 bits per heavy atom. The van der Waals surface area contributed by atoms with Crippen LogP contribution in [0.5, 0.6) is 5.75 Å². The highest BCUT2D eigenvalue weighted by atomic mass is 16.5. The molecule has 7 nitrogen and oxygen atoms in total. The van der Waals surface area contributed by atoms with Gasteiger partial charge in [-0.05, 0) is 31.0 Å². The number of rotatable bonds is 4. The summed E-state index contributed by atoms with van der Waals surface area (Å²) < 4.78 is 10.3. The molecule has 2 heterocycles. The lowest BCUT2D eigenvalue weighted by Crippen LogP contribution is -2.33. The smallest absolute Gasteiger partial charge is 0.336 e. The van der Waals surface area contributed by atoms with Gasteiger partial charge in [0.05, 0.1) is 18.3 Å². The summed E-state index contributed by atoms with van der Waals surface area (Å²) in [6, 6.07) is 7.65. The number of allylic oxidation sites excluding steroid dienone is 2. The standard InChI is InChI=1S/C20H17NO6/c22-17-8-6-12-5-7-13(11-16(12)27-17)26-18(23)9-10-21-19(24)14-3-1-2-4-15(14)20(21)25/h1-2,5-8,11,14-15H,3-4,9-10H2/t14-,15+. The number of likely N-dealkylation sites (tertiary alicyclic amines) is 1. The van der Waals surface area contributed by atoms with Gasteiger partial charge in [0.15, 0.2) is 0 Å². The summed E-state index contributed by atoms with van der Waals surface area (Å²) in [5, 5.41) is 0.707. The highest BCUT2D eigenvalue weighted by Gasteiger charge is 2.46. The van der Waals surface area contributed by atoms with Crippen LogP contribution in [0.4, 0.5) is 0 Å². The Morgan fingerprint density at radius 2 is 1.70 bits per heavy atom. The van der Waals surface area contributed by atoms with Gasteiger partial charge < -0.3 is 9.15 Å². The maximum absolute atomic E-state index is 12.4. The van der Waals surface area contributed by atoms with Gasteiger partial charge in [0.1, 0.15) is 11.3 Å². The van der Waals surface area contributed by atoms with Crippen molar-refractivity contribution in [3.8, 4) is 5.75 Å². The van der Waals surface area contributed by atoms with Crippen molar-refractivity contribution >= 4 is 28.8 Å². The highest BCUT2D eigenvalue weighted by molar-refractivity contribution is 6.05. The minimum atomic E-state index is -0.568. The molecule has 0 unspecified atom stereocenters. The van der Waals surface area contributed by atoms with Crippen LogP contribution >= 0.6 is 0 Å². The van der Waals surface area contributed by atoms with E-state index in [1.165, 1.54) is 17.0 Å². The summed E-state index contributed by atoms with van der Waals surface area (Å²) in [4.78, 5) is 49.3. The quantitative estimate of drug-likeness (QED) is 0.270. The zero-order valence-corrected chi connectivity index (χ0v) is 14.4. The second kappa shape index (κ2) is 6.83. The van der Waals surface area contributed by atoms with Gasteiger partial charge in [-0.3, -0.25) is 19.3 Å². The number of ether oxygens (including phenoxy) is 1. The average Bonchev–Trinajstić information content (AvgIpc) is 2.90. The molecule has 0 spiro atoms. The van der Waals surface area contributed by atoms with Crippen LogP contribution in [0.25, 0.3) is 11.0 Å². The third kappa shape index (κ3) is 3.28. The van der Waals surface area contributed by atoms with Gasteiger partial charge >= 0.3 is 11.6 Å². The number of hydrogen-bond acceptors (Lipinski definition) is 6. The molecule has 27 heavy (non-hydrogen) atoms. The van der Waals surface area contributed by atoms with Crippen molar-refractivity contribution in [2.75, 3.05) is 6.54 Å². The van der Waals surface area contributed by atoms with Gasteiger partial charge in [-0.25, -0.2) is 4.79 Å². The lowest BCUT2D eigenvalue weighted by atomic mass is 9.85. The van der Waals surface area contributed by atoms with Crippen LogP contribution in [0.1, 0.15) is 19.3 Å². The van der Waals surface area contributed by atoms with E-state index in [4.69, 9.17) is 9.15 Å². The first kappa shape index (κ1) is 17.2. The third-order valence-electron chi connectivity index (χ3n) is 4.96. The summed E-state index contributed by atoms with van der Waals surface area (Å²) in [5.74, 6) is -1.37. The van der Waals surface area contributed by atoms with E-state index in [0.29, 0.717) is 23.8 Å². The predicted molar refractivity (Wildman–Crippen MR) is 94.8 cm³/mol. The topological polar surface area (TPSA) is 93.9 Å². The van der Waals surface area contributed by atoms with Crippen molar-refractivity contribution in [1.82, 2.24) is 4.90 Å². The van der Waals surface area contributed by atoms with Gasteiger partial charge in [-0.1, -0.05) is 12.2 Å². The molecule has 2 aliphatic rings. The van der Waals surface area contributed by atoms with Gasteiger partial charge in [0.25, 0.3) is 0 Å². The summed E-state index contributed by atoms with van der Waals surface area (Å²) in [6.07, 6.45) is 4.88. The monoisotopic (exact) mass is 367 g/mol. The summed E-state index contributed by atoms with van der Waals surface area (Å²) in [7, 11) is 0. The minimum Gasteiger partial charge on any atom is -0.426 e. The Hall–Kier alpha value is -3.22. The van der Waals surface area contributed by atoms with E-state index in [2.05, 4.69) is 0 Å². The van der Waals surface area contributed by atoms with Crippen molar-refractivity contribution in [3.05, 3.63) is 52.9 Å². The molecular formula is C20H17NO6. The van der Waals surface area contributed by atoms with Crippen LogP contribution in [0.15, 0.2) is 51.7 Å². The van der Waals surface area contributed by atoms with Crippen LogP contribution in [0, 0.1) is 11.8 Å². The zero-order chi connectivity index (χ0) is 19.0. The van der Waals surface area contributed by atoms with Crippen molar-refractivity contribution in [2.24, 2.45) is 11.8 Å². The number of carbonyl (C=O) groups is 3. The molecule has 1 aliphatic heterocycles. The zero-order valence-electron chi connectivity index (χ0n) is 14.4. The fourth-order valence-corrected chi connectivity index (χ4v) is 3.58. The Morgan fingerprint density at radius 3 is 2.41 bits per heavy atom. The largest absolute Gasteiger partial charge is 0.426 e. The molecular weight excluding hydrogens is 350 g/mol. The number of amides is 2. The maximum Gasteiger partial charge on any atom is 0.336 e. The first-order chi connectivity index (χ1) is 13.0. The molecule has 0 N–H and O–H groups in total. The molecule has 0 radical (unpaired) electrons. The van der Waals surface area contributed by atoms with E-state index in [9.17, 15) is 19.2 Å². The normalized spacial score (nSPS) is 21.6. The fourth-order valence-electron chi connectivity index (χ4n) is 3.58. The summed E-state index contributed by atoms with van der Waals surface area (Å²) >= 11 is 0. The molecule has 7 heteroatoms. The lowest BCUT2D eigenvalue weighted by molar-refractivity contribution is -0.141. The second-order valence-electron chi connectivity index (χ2n) is 6.66. The number of benzene rings is 1. The van der Waals surface area contributed by atoms with Crippen molar-refractivity contribution in [1.29, 1.82) is 0 Å². The third-order valence-corrected chi connectivity index (χ3v) is 4.96. The number of hydrogen-bond donors (Lipinski definition) is 0. The van der Waals surface area contributed by atoms with E-state index in [0.717, 1.165) is 0 Å². The van der Waals surface area contributed by atoms with Crippen molar-refractivity contribution in [3.63, 3.8) is 0 Å². The van der Waals surface area contributed by atoms with Gasteiger partial charge in [0, 0.05) is 24.1 Å². The molecule has 1 aromatic heterocycles. The van der Waals surface area contributed by atoms with E-state index in [1.807, 2.05) is 12.2 Å². The summed E-state index contributed by atoms with van der Waals surface area (Å²) in [5.41, 5.74) is -0.178. The maximum atomic E-state index is 12.4. The predicted octanol–water partition coefficient (Wildman–Crippen LogP) is 2.04. The molecule has 138 valence electrons. The highest BCUT2D eigenvalue weighted by Crippen LogP contribution is 2.35. The van der Waals surface area contributed by atoms with Crippen LogP contribution < -0.4 is 10.4 Å². The number of imide groups is 1. The average molecular weight is 367 g/mol. The molecule has 1 aromatic carbocycles. The van der Waals surface area contributed by atoms with Crippen molar-refractivity contribution in [2.45, 2.75) is 19.3 Å².